The summed E-state index contributed by atoms with van der Waals surface area (Å²) in [6, 6.07) is 10.9. The first-order valence-electron chi connectivity index (χ1n) is 10.0. The van der Waals surface area contributed by atoms with Crippen molar-refractivity contribution >= 4 is 22.5 Å². The quantitative estimate of drug-likeness (QED) is 0.362. The van der Waals surface area contributed by atoms with Crippen molar-refractivity contribution < 1.29 is 13.9 Å². The number of pyridine rings is 2. The average molecular weight is 441 g/mol. The smallest absolute Gasteiger partial charge is 0.269 e. The Balaban J connectivity index is 1.63. The molecule has 10 heteroatoms. The van der Waals surface area contributed by atoms with Crippen molar-refractivity contribution in [2.24, 2.45) is 5.73 Å². The zero-order chi connectivity index (χ0) is 22.9. The van der Waals surface area contributed by atoms with Crippen LogP contribution in [0.1, 0.15) is 21.9 Å². The van der Waals surface area contributed by atoms with Crippen LogP contribution in [-0.4, -0.2) is 31.1 Å². The maximum absolute atomic E-state index is 12.2. The standard InChI is InChI=1S/C23H19N7O3/c1-12-5-6-15-14(10-27-30-15)20(12)13-9-17(29-22(21(13)24)23(25)31)16-3-2-4-18(28-16)33-11-19-26-7-8-32-19/h2-10H,11,24H2,1H3,(H2,25,31)(H,27,30). The summed E-state index contributed by atoms with van der Waals surface area (Å²) in [5, 5.41) is 7.95. The van der Waals surface area contributed by atoms with Gasteiger partial charge in [0.2, 0.25) is 11.8 Å². The second-order valence-corrected chi connectivity index (χ2v) is 7.35. The van der Waals surface area contributed by atoms with Crippen molar-refractivity contribution in [1.82, 2.24) is 25.1 Å². The molecule has 1 aromatic carbocycles. The predicted molar refractivity (Wildman–Crippen MR) is 121 cm³/mol. The molecule has 0 radical (unpaired) electrons. The lowest BCUT2D eigenvalue weighted by Crippen LogP contribution is -2.17. The van der Waals surface area contributed by atoms with Crippen molar-refractivity contribution in [3.8, 4) is 28.4 Å². The number of amides is 1. The molecular formula is C23H19N7O3. The third-order valence-electron chi connectivity index (χ3n) is 5.21. The fraction of sp³-hybridized carbons (Fsp3) is 0.0870. The van der Waals surface area contributed by atoms with Crippen LogP contribution in [0.25, 0.3) is 33.4 Å². The van der Waals surface area contributed by atoms with E-state index in [0.29, 0.717) is 28.7 Å². The van der Waals surface area contributed by atoms with Crippen LogP contribution in [0.4, 0.5) is 5.69 Å². The molecule has 10 nitrogen and oxygen atoms in total. The normalized spacial score (nSPS) is 11.1. The number of carbonyl (C=O) groups excluding carboxylic acids is 1. The van der Waals surface area contributed by atoms with Crippen molar-refractivity contribution in [2.75, 3.05) is 5.73 Å². The minimum Gasteiger partial charge on any atom is -0.468 e. The summed E-state index contributed by atoms with van der Waals surface area (Å²) in [4.78, 5) is 25.1. The van der Waals surface area contributed by atoms with E-state index in [9.17, 15) is 4.79 Å². The number of primary amides is 1. The minimum absolute atomic E-state index is 0.0321. The number of anilines is 1. The molecule has 0 saturated carbocycles. The lowest BCUT2D eigenvalue weighted by Gasteiger charge is -2.15. The monoisotopic (exact) mass is 441 g/mol. The minimum atomic E-state index is -0.732. The van der Waals surface area contributed by atoms with Gasteiger partial charge >= 0.3 is 0 Å². The summed E-state index contributed by atoms with van der Waals surface area (Å²) < 4.78 is 10.9. The first-order chi connectivity index (χ1) is 16.0. The number of nitrogen functional groups attached to an aromatic ring is 1. The summed E-state index contributed by atoms with van der Waals surface area (Å²) in [6.07, 6.45) is 4.73. The molecule has 0 aliphatic rings. The number of aryl methyl sites for hydroxylation is 1. The number of aromatic nitrogens is 5. The predicted octanol–water partition coefficient (Wildman–Crippen LogP) is 3.24. The van der Waals surface area contributed by atoms with Crippen LogP contribution < -0.4 is 16.2 Å². The van der Waals surface area contributed by atoms with E-state index < -0.39 is 5.91 Å². The van der Waals surface area contributed by atoms with Gasteiger partial charge in [0.25, 0.3) is 5.91 Å². The Hall–Kier alpha value is -4.73. The van der Waals surface area contributed by atoms with E-state index in [1.165, 1.54) is 12.5 Å². The molecule has 0 aliphatic carbocycles. The molecule has 0 aliphatic heterocycles. The molecule has 4 aromatic heterocycles. The number of ether oxygens (including phenoxy) is 1. The number of carbonyl (C=O) groups is 1. The maximum Gasteiger partial charge on any atom is 0.269 e. The number of hydrogen-bond acceptors (Lipinski definition) is 8. The Morgan fingerprint density at radius 2 is 2.06 bits per heavy atom. The van der Waals surface area contributed by atoms with E-state index in [4.69, 9.17) is 20.6 Å². The van der Waals surface area contributed by atoms with E-state index in [-0.39, 0.29) is 18.0 Å². The van der Waals surface area contributed by atoms with Gasteiger partial charge in [0.15, 0.2) is 12.3 Å². The Labute approximate surface area is 187 Å². The highest BCUT2D eigenvalue weighted by Gasteiger charge is 2.20. The summed E-state index contributed by atoms with van der Waals surface area (Å²) in [5.41, 5.74) is 16.3. The number of rotatable bonds is 6. The highest BCUT2D eigenvalue weighted by atomic mass is 16.5. The average Bonchev–Trinajstić information content (AvgIpc) is 3.50. The number of nitrogens with one attached hydrogen (secondary N) is 1. The third kappa shape index (κ3) is 3.74. The summed E-state index contributed by atoms with van der Waals surface area (Å²) in [6.45, 7) is 2.08. The lowest BCUT2D eigenvalue weighted by atomic mass is 9.94. The van der Waals surface area contributed by atoms with Gasteiger partial charge < -0.3 is 20.6 Å². The Kier molecular flexibility index (Phi) is 4.94. The second-order valence-electron chi connectivity index (χ2n) is 7.35. The van der Waals surface area contributed by atoms with Gasteiger partial charge in [-0.05, 0) is 36.2 Å². The molecule has 0 saturated heterocycles. The van der Waals surface area contributed by atoms with Crippen LogP contribution in [0.2, 0.25) is 0 Å². The van der Waals surface area contributed by atoms with E-state index in [1.807, 2.05) is 19.1 Å². The van der Waals surface area contributed by atoms with Crippen LogP contribution in [0.5, 0.6) is 5.88 Å². The molecule has 33 heavy (non-hydrogen) atoms. The number of benzene rings is 1. The zero-order valence-corrected chi connectivity index (χ0v) is 17.6. The highest BCUT2D eigenvalue weighted by molar-refractivity contribution is 6.05. The van der Waals surface area contributed by atoms with Crippen molar-refractivity contribution in [2.45, 2.75) is 13.5 Å². The fourth-order valence-corrected chi connectivity index (χ4v) is 3.66. The number of H-pyrrole nitrogens is 1. The summed E-state index contributed by atoms with van der Waals surface area (Å²) in [5.74, 6) is 0.0401. The van der Waals surface area contributed by atoms with Crippen molar-refractivity contribution in [3.05, 3.63) is 72.2 Å². The Bertz CT molecular complexity index is 1480. The molecule has 1 amide bonds. The van der Waals surface area contributed by atoms with Gasteiger partial charge in [-0.25, -0.2) is 15.0 Å². The van der Waals surface area contributed by atoms with Crippen LogP contribution in [-0.2, 0) is 6.61 Å². The maximum atomic E-state index is 12.2. The number of hydrogen-bond donors (Lipinski definition) is 3. The van der Waals surface area contributed by atoms with Crippen molar-refractivity contribution in [3.63, 3.8) is 0 Å². The molecule has 0 spiro atoms. The molecule has 0 fully saturated rings. The van der Waals surface area contributed by atoms with Gasteiger partial charge in [-0.1, -0.05) is 12.1 Å². The second kappa shape index (κ2) is 8.08. The summed E-state index contributed by atoms with van der Waals surface area (Å²) >= 11 is 0. The number of aromatic amines is 1. The van der Waals surface area contributed by atoms with Gasteiger partial charge in [-0.3, -0.25) is 9.89 Å². The van der Waals surface area contributed by atoms with E-state index in [1.54, 1.807) is 30.5 Å². The largest absolute Gasteiger partial charge is 0.468 e. The van der Waals surface area contributed by atoms with Crippen LogP contribution in [0, 0.1) is 6.92 Å². The highest BCUT2D eigenvalue weighted by Crippen LogP contribution is 2.37. The molecule has 0 unspecified atom stereocenters. The van der Waals surface area contributed by atoms with Crippen LogP contribution >= 0.6 is 0 Å². The topological polar surface area (TPSA) is 159 Å². The van der Waals surface area contributed by atoms with Crippen molar-refractivity contribution in [1.29, 1.82) is 0 Å². The van der Waals surface area contributed by atoms with Gasteiger partial charge in [-0.15, -0.1) is 0 Å². The zero-order valence-electron chi connectivity index (χ0n) is 17.6. The lowest BCUT2D eigenvalue weighted by molar-refractivity contribution is 0.0996. The fourth-order valence-electron chi connectivity index (χ4n) is 3.66. The molecule has 4 heterocycles. The molecule has 0 atom stereocenters. The summed E-state index contributed by atoms with van der Waals surface area (Å²) in [7, 11) is 0. The Morgan fingerprint density at radius 1 is 1.18 bits per heavy atom. The van der Waals surface area contributed by atoms with Gasteiger partial charge in [0.05, 0.1) is 35.0 Å². The number of oxazole rings is 1. The third-order valence-corrected chi connectivity index (χ3v) is 5.21. The number of fused-ring (bicyclic) bond motifs is 1. The molecule has 5 aromatic rings. The first kappa shape index (κ1) is 20.2. The van der Waals surface area contributed by atoms with E-state index >= 15 is 0 Å². The van der Waals surface area contributed by atoms with Crippen LogP contribution in [0.3, 0.4) is 0 Å². The Morgan fingerprint density at radius 3 is 2.85 bits per heavy atom. The molecule has 0 bridgehead atoms. The van der Waals surface area contributed by atoms with Gasteiger partial charge in [-0.2, -0.15) is 5.10 Å². The molecule has 164 valence electrons. The van der Waals surface area contributed by atoms with E-state index in [2.05, 4.69) is 25.1 Å². The molecule has 5 rings (SSSR count). The van der Waals surface area contributed by atoms with Gasteiger partial charge in [0.1, 0.15) is 6.26 Å². The molecular weight excluding hydrogens is 422 g/mol. The SMILES string of the molecule is Cc1ccc2[nH]ncc2c1-c1cc(-c2cccc(OCc3ncco3)n2)nc(C(N)=O)c1N. The first-order valence-corrected chi connectivity index (χ1v) is 10.0. The van der Waals surface area contributed by atoms with Crippen LogP contribution in [0.15, 0.2) is 59.5 Å². The number of nitrogens with zero attached hydrogens (tertiary/aromatic N) is 4. The van der Waals surface area contributed by atoms with Gasteiger partial charge in [0, 0.05) is 17.0 Å². The van der Waals surface area contributed by atoms with E-state index in [0.717, 1.165) is 22.0 Å². The molecule has 5 N–H and O–H groups in total. The number of nitrogens with two attached hydrogens (primary N) is 2.